The zero-order valence-electron chi connectivity index (χ0n) is 5.78. The third-order valence-electron chi connectivity index (χ3n) is 1.91. The quantitative estimate of drug-likeness (QED) is 0.565. The number of aliphatic carboxylic acids is 2. The lowest BCUT2D eigenvalue weighted by Crippen LogP contribution is -2.39. The Kier molecular flexibility index (Phi) is 1.68. The van der Waals surface area contributed by atoms with Gasteiger partial charge in [0.2, 0.25) is 0 Å². The molecule has 0 spiro atoms. The van der Waals surface area contributed by atoms with Crippen LogP contribution in [0.25, 0.3) is 0 Å². The van der Waals surface area contributed by atoms with E-state index in [1.807, 2.05) is 0 Å². The lowest BCUT2D eigenvalue weighted by molar-refractivity contribution is -0.155. The van der Waals surface area contributed by atoms with Gasteiger partial charge in [0.05, 0.1) is 11.8 Å². The molecule has 0 saturated heterocycles. The van der Waals surface area contributed by atoms with Crippen molar-refractivity contribution >= 4 is 11.9 Å². The van der Waals surface area contributed by atoms with Crippen molar-refractivity contribution in [2.75, 3.05) is 0 Å². The molecular weight excluding hydrogens is 148 g/mol. The van der Waals surface area contributed by atoms with Crippen LogP contribution in [0.3, 0.4) is 0 Å². The minimum absolute atomic E-state index is 0.298. The van der Waals surface area contributed by atoms with Crippen molar-refractivity contribution in [2.24, 2.45) is 11.8 Å². The fourth-order valence-electron chi connectivity index (χ4n) is 1.23. The van der Waals surface area contributed by atoms with Crippen LogP contribution in [0.15, 0.2) is 12.2 Å². The van der Waals surface area contributed by atoms with Crippen LogP contribution in [-0.4, -0.2) is 22.2 Å². The first kappa shape index (κ1) is 7.78. The number of carboxylic acids is 2. The van der Waals surface area contributed by atoms with E-state index in [9.17, 15) is 9.59 Å². The molecule has 11 heavy (non-hydrogen) atoms. The second-order valence-electron chi connectivity index (χ2n) is 2.62. The Labute approximate surface area is 63.1 Å². The summed E-state index contributed by atoms with van der Waals surface area (Å²) >= 11 is 0. The summed E-state index contributed by atoms with van der Waals surface area (Å²) in [7, 11) is 0. The molecule has 60 valence electrons. The molecule has 0 unspecified atom stereocenters. The van der Waals surface area contributed by atoms with Crippen LogP contribution in [0.4, 0.5) is 0 Å². The Hall–Kier alpha value is -1.32. The van der Waals surface area contributed by atoms with Gasteiger partial charge in [-0.15, -0.1) is 0 Å². The van der Waals surface area contributed by atoms with E-state index in [-0.39, 0.29) is 0 Å². The van der Waals surface area contributed by atoms with Gasteiger partial charge in [-0.1, -0.05) is 12.2 Å². The highest BCUT2D eigenvalue weighted by atomic mass is 16.4. The minimum Gasteiger partial charge on any atom is -0.481 e. The maximum absolute atomic E-state index is 10.4. The summed E-state index contributed by atoms with van der Waals surface area (Å²) in [5.41, 5.74) is 0.505. The highest BCUT2D eigenvalue weighted by molar-refractivity contribution is 5.85. The second kappa shape index (κ2) is 2.38. The summed E-state index contributed by atoms with van der Waals surface area (Å²) in [5.74, 6) is -3.77. The van der Waals surface area contributed by atoms with Gasteiger partial charge in [-0.2, -0.15) is 0 Å². The van der Waals surface area contributed by atoms with Crippen molar-refractivity contribution in [2.45, 2.75) is 6.42 Å². The number of hydrogen-bond donors (Lipinski definition) is 2. The smallest absolute Gasteiger partial charge is 0.311 e. The summed E-state index contributed by atoms with van der Waals surface area (Å²) < 4.78 is 0. The monoisotopic (exact) mass is 156 g/mol. The largest absolute Gasteiger partial charge is 0.481 e. The van der Waals surface area contributed by atoms with E-state index >= 15 is 0 Å². The average Bonchev–Trinajstić information content (AvgIpc) is 1.80. The van der Waals surface area contributed by atoms with Crippen LogP contribution < -0.4 is 0 Å². The van der Waals surface area contributed by atoms with Crippen molar-refractivity contribution in [3.63, 3.8) is 0 Å². The Morgan fingerprint density at radius 1 is 1.36 bits per heavy atom. The van der Waals surface area contributed by atoms with Crippen molar-refractivity contribution in [3.05, 3.63) is 12.2 Å². The third-order valence-corrected chi connectivity index (χ3v) is 1.91. The normalized spacial score (nSPS) is 29.3. The van der Waals surface area contributed by atoms with Crippen LogP contribution in [0.1, 0.15) is 6.42 Å². The van der Waals surface area contributed by atoms with Crippen LogP contribution in [0, 0.1) is 11.8 Å². The van der Waals surface area contributed by atoms with Crippen molar-refractivity contribution < 1.29 is 19.8 Å². The fraction of sp³-hybridized carbons (Fsp3) is 0.429. The van der Waals surface area contributed by atoms with E-state index in [1.54, 1.807) is 0 Å². The summed E-state index contributed by atoms with van der Waals surface area (Å²) in [6.07, 6.45) is 0.298. The second-order valence-corrected chi connectivity index (χ2v) is 2.62. The van der Waals surface area contributed by atoms with E-state index in [2.05, 4.69) is 6.58 Å². The molecule has 0 amide bonds. The molecular formula is C7H8O4. The molecule has 4 nitrogen and oxygen atoms in total. The number of carbonyl (C=O) groups is 2. The lowest BCUT2D eigenvalue weighted by atomic mass is 9.70. The molecule has 0 aliphatic heterocycles. The molecule has 2 atom stereocenters. The topological polar surface area (TPSA) is 74.6 Å². The molecule has 0 aromatic rings. The van der Waals surface area contributed by atoms with E-state index in [0.717, 1.165) is 0 Å². The van der Waals surface area contributed by atoms with Gasteiger partial charge in [-0.25, -0.2) is 0 Å². The van der Waals surface area contributed by atoms with E-state index < -0.39 is 23.8 Å². The standard InChI is InChI=1S/C7H8O4/c1-3-2-4(6(8)9)5(3)7(10)11/h4-5H,1-2H2,(H,8,9)(H,10,11)/t4-,5-/m1/s1. The predicted molar refractivity (Wildman–Crippen MR) is 36.0 cm³/mol. The van der Waals surface area contributed by atoms with Crippen molar-refractivity contribution in [1.82, 2.24) is 0 Å². The zero-order chi connectivity index (χ0) is 8.59. The van der Waals surface area contributed by atoms with Crippen LogP contribution in [0.2, 0.25) is 0 Å². The Morgan fingerprint density at radius 2 is 1.91 bits per heavy atom. The van der Waals surface area contributed by atoms with E-state index in [1.165, 1.54) is 0 Å². The maximum Gasteiger partial charge on any atom is 0.311 e. The third kappa shape index (κ3) is 1.11. The molecule has 1 aliphatic carbocycles. The van der Waals surface area contributed by atoms with Gasteiger partial charge in [-0.3, -0.25) is 9.59 Å². The van der Waals surface area contributed by atoms with Crippen LogP contribution in [-0.2, 0) is 9.59 Å². The fourth-order valence-corrected chi connectivity index (χ4v) is 1.23. The van der Waals surface area contributed by atoms with Gasteiger partial charge in [-0.05, 0) is 6.42 Å². The maximum atomic E-state index is 10.4. The van der Waals surface area contributed by atoms with Crippen LogP contribution >= 0.6 is 0 Å². The summed E-state index contributed by atoms with van der Waals surface area (Å²) in [6.45, 7) is 3.45. The van der Waals surface area contributed by atoms with E-state index in [0.29, 0.717) is 12.0 Å². The molecule has 0 radical (unpaired) electrons. The molecule has 2 N–H and O–H groups in total. The van der Waals surface area contributed by atoms with Gasteiger partial charge < -0.3 is 10.2 Å². The molecule has 1 fully saturated rings. The van der Waals surface area contributed by atoms with Gasteiger partial charge in [0.15, 0.2) is 0 Å². The highest BCUT2D eigenvalue weighted by Gasteiger charge is 2.44. The molecule has 1 rings (SSSR count). The lowest BCUT2D eigenvalue weighted by Gasteiger charge is -2.32. The SMILES string of the molecule is C=C1C[C@@H](C(=O)O)[C@@H]1C(=O)O. The van der Waals surface area contributed by atoms with Gasteiger partial charge in [0.1, 0.15) is 0 Å². The summed E-state index contributed by atoms with van der Waals surface area (Å²) in [5, 5.41) is 17.0. The zero-order valence-corrected chi connectivity index (χ0v) is 5.78. The van der Waals surface area contributed by atoms with Crippen molar-refractivity contribution in [3.8, 4) is 0 Å². The molecule has 0 aromatic carbocycles. The average molecular weight is 156 g/mol. The molecule has 4 heteroatoms. The Bertz CT molecular complexity index is 223. The highest BCUT2D eigenvalue weighted by Crippen LogP contribution is 2.38. The summed E-state index contributed by atoms with van der Waals surface area (Å²) in [4.78, 5) is 20.7. The number of rotatable bonds is 2. The first-order chi connectivity index (χ1) is 5.04. The predicted octanol–water partition coefficient (Wildman–Crippen LogP) is 0.348. The first-order valence-corrected chi connectivity index (χ1v) is 3.17. The number of hydrogen-bond acceptors (Lipinski definition) is 2. The molecule has 1 aliphatic rings. The molecule has 1 saturated carbocycles. The Morgan fingerprint density at radius 3 is 2.09 bits per heavy atom. The van der Waals surface area contributed by atoms with Gasteiger partial charge >= 0.3 is 11.9 Å². The van der Waals surface area contributed by atoms with Gasteiger partial charge in [0, 0.05) is 0 Å². The molecule has 0 heterocycles. The number of carboxylic acid groups (broad SMARTS) is 2. The first-order valence-electron chi connectivity index (χ1n) is 3.17. The van der Waals surface area contributed by atoms with E-state index in [4.69, 9.17) is 10.2 Å². The Balaban J connectivity index is 2.69. The minimum atomic E-state index is -1.09. The van der Waals surface area contributed by atoms with Crippen LogP contribution in [0.5, 0.6) is 0 Å². The molecule has 0 bridgehead atoms. The van der Waals surface area contributed by atoms with Gasteiger partial charge in [0.25, 0.3) is 0 Å². The molecule has 0 aromatic heterocycles. The van der Waals surface area contributed by atoms with Crippen molar-refractivity contribution in [1.29, 1.82) is 0 Å². The summed E-state index contributed by atoms with van der Waals surface area (Å²) in [6, 6.07) is 0.